The summed E-state index contributed by atoms with van der Waals surface area (Å²) in [6.45, 7) is 7.42. The van der Waals surface area contributed by atoms with Crippen molar-refractivity contribution in [3.05, 3.63) is 0 Å². The third-order valence-electron chi connectivity index (χ3n) is 3.68. The van der Waals surface area contributed by atoms with Crippen LogP contribution in [0.4, 0.5) is 4.79 Å². The number of carbonyl (C=O) groups is 2. The topological polar surface area (TPSA) is 78.9 Å². The van der Waals surface area contributed by atoms with E-state index in [0.29, 0.717) is 19.0 Å². The van der Waals surface area contributed by atoms with E-state index in [4.69, 9.17) is 4.74 Å². The Morgan fingerprint density at radius 1 is 1.35 bits per heavy atom. The molecule has 0 radical (unpaired) electrons. The van der Waals surface area contributed by atoms with E-state index in [-0.39, 0.29) is 6.03 Å². The Labute approximate surface area is 120 Å². The molecule has 1 saturated heterocycles. The van der Waals surface area contributed by atoms with E-state index in [1.54, 1.807) is 32.8 Å². The zero-order chi connectivity index (χ0) is 15.3. The first-order valence-corrected chi connectivity index (χ1v) is 7.03. The minimum absolute atomic E-state index is 0.289. The number of piperidine rings is 1. The Morgan fingerprint density at radius 2 is 1.90 bits per heavy atom. The Morgan fingerprint density at radius 3 is 2.30 bits per heavy atom. The van der Waals surface area contributed by atoms with Gasteiger partial charge in [0.15, 0.2) is 0 Å². The molecule has 1 heterocycles. The van der Waals surface area contributed by atoms with Crippen LogP contribution < -0.4 is 5.32 Å². The summed E-state index contributed by atoms with van der Waals surface area (Å²) in [5.74, 6) is -0.512. The fourth-order valence-corrected chi connectivity index (χ4v) is 2.40. The first-order valence-electron chi connectivity index (χ1n) is 7.03. The lowest BCUT2D eigenvalue weighted by atomic mass is 9.87. The molecule has 1 rings (SSSR count). The maximum atomic E-state index is 12.1. The lowest BCUT2D eigenvalue weighted by molar-refractivity contribution is -0.142. The van der Waals surface area contributed by atoms with Gasteiger partial charge in [-0.1, -0.05) is 20.8 Å². The molecule has 20 heavy (non-hydrogen) atoms. The van der Waals surface area contributed by atoms with Gasteiger partial charge in [-0.2, -0.15) is 0 Å². The Kier molecular flexibility index (Phi) is 5.80. The monoisotopic (exact) mass is 286 g/mol. The van der Waals surface area contributed by atoms with Gasteiger partial charge in [0.25, 0.3) is 0 Å². The molecule has 1 atom stereocenters. The highest BCUT2D eigenvalue weighted by Crippen LogP contribution is 2.21. The largest absolute Gasteiger partial charge is 0.480 e. The maximum absolute atomic E-state index is 12.1. The number of likely N-dealkylation sites (tertiary alicyclic amines) is 1. The molecule has 6 nitrogen and oxygen atoms in total. The first-order chi connectivity index (χ1) is 9.25. The molecule has 6 heteroatoms. The number of nitrogens with zero attached hydrogens (tertiary/aromatic N) is 1. The first kappa shape index (κ1) is 16.8. The van der Waals surface area contributed by atoms with Gasteiger partial charge in [-0.15, -0.1) is 0 Å². The fourth-order valence-electron chi connectivity index (χ4n) is 2.40. The number of carboxylic acids is 1. The van der Waals surface area contributed by atoms with Gasteiger partial charge in [0, 0.05) is 26.8 Å². The molecule has 2 N–H and O–H groups in total. The summed E-state index contributed by atoms with van der Waals surface area (Å²) >= 11 is 0. The smallest absolute Gasteiger partial charge is 0.326 e. The van der Waals surface area contributed by atoms with Crippen molar-refractivity contribution in [2.45, 2.75) is 39.7 Å². The van der Waals surface area contributed by atoms with E-state index in [0.717, 1.165) is 19.4 Å². The summed E-state index contributed by atoms with van der Waals surface area (Å²) in [7, 11) is 1.68. The number of rotatable bonds is 4. The molecule has 1 aliphatic rings. The SMILES string of the molecule is COCC1CCN(C(=O)N[C@@H](C(=O)O)C(C)(C)C)CC1. The van der Waals surface area contributed by atoms with E-state index in [1.165, 1.54) is 0 Å². The van der Waals surface area contributed by atoms with Crippen LogP contribution in [0.5, 0.6) is 0 Å². The zero-order valence-electron chi connectivity index (χ0n) is 12.8. The van der Waals surface area contributed by atoms with Crippen LogP contribution in [0.1, 0.15) is 33.6 Å². The number of carbonyl (C=O) groups excluding carboxylic acids is 1. The van der Waals surface area contributed by atoms with Crippen molar-refractivity contribution in [2.75, 3.05) is 26.8 Å². The number of amides is 2. The molecule has 2 amide bonds. The lowest BCUT2D eigenvalue weighted by Gasteiger charge is -2.34. The van der Waals surface area contributed by atoms with Gasteiger partial charge in [0.2, 0.25) is 0 Å². The Hall–Kier alpha value is -1.30. The van der Waals surface area contributed by atoms with E-state index in [9.17, 15) is 14.7 Å². The van der Waals surface area contributed by atoms with Crippen LogP contribution in [0.3, 0.4) is 0 Å². The minimum Gasteiger partial charge on any atom is -0.480 e. The van der Waals surface area contributed by atoms with Crippen molar-refractivity contribution < 1.29 is 19.4 Å². The average Bonchev–Trinajstić information content (AvgIpc) is 2.35. The summed E-state index contributed by atoms with van der Waals surface area (Å²) < 4.78 is 5.12. The van der Waals surface area contributed by atoms with Gasteiger partial charge in [0.05, 0.1) is 0 Å². The summed E-state index contributed by atoms with van der Waals surface area (Å²) in [6, 6.07) is -1.17. The summed E-state index contributed by atoms with van der Waals surface area (Å²) in [5, 5.41) is 11.8. The standard InChI is InChI=1S/C14H26N2O4/c1-14(2,3)11(12(17)18)15-13(19)16-7-5-10(6-8-16)9-20-4/h10-11H,5-9H2,1-4H3,(H,15,19)(H,17,18)/t11-/m0/s1. The molecule has 0 saturated carbocycles. The van der Waals surface area contributed by atoms with Crippen LogP contribution in [0.25, 0.3) is 0 Å². The van der Waals surface area contributed by atoms with Crippen molar-refractivity contribution in [3.8, 4) is 0 Å². The van der Waals surface area contributed by atoms with Crippen LogP contribution in [0, 0.1) is 11.3 Å². The molecule has 0 aliphatic carbocycles. The molecular formula is C14H26N2O4. The molecule has 0 aromatic heterocycles. The highest BCUT2D eigenvalue weighted by Gasteiger charge is 2.34. The van der Waals surface area contributed by atoms with Crippen LogP contribution in [0.2, 0.25) is 0 Å². The molecule has 0 aromatic rings. The molecular weight excluding hydrogens is 260 g/mol. The third kappa shape index (κ3) is 4.67. The van der Waals surface area contributed by atoms with Crippen molar-refractivity contribution >= 4 is 12.0 Å². The number of ether oxygens (including phenoxy) is 1. The molecule has 116 valence electrons. The zero-order valence-corrected chi connectivity index (χ0v) is 12.8. The van der Waals surface area contributed by atoms with Gasteiger partial charge in [-0.25, -0.2) is 9.59 Å². The van der Waals surface area contributed by atoms with Crippen molar-refractivity contribution in [2.24, 2.45) is 11.3 Å². The summed E-state index contributed by atoms with van der Waals surface area (Å²) in [5.41, 5.74) is -0.518. The van der Waals surface area contributed by atoms with E-state index >= 15 is 0 Å². The number of urea groups is 1. The van der Waals surface area contributed by atoms with Gasteiger partial charge >= 0.3 is 12.0 Å². The Bertz CT molecular complexity index is 344. The third-order valence-corrected chi connectivity index (χ3v) is 3.68. The van der Waals surface area contributed by atoms with Crippen LogP contribution in [-0.4, -0.2) is 54.9 Å². The number of aliphatic carboxylic acids is 1. The van der Waals surface area contributed by atoms with E-state index < -0.39 is 17.4 Å². The fraction of sp³-hybridized carbons (Fsp3) is 0.857. The second-order valence-electron chi connectivity index (χ2n) is 6.47. The number of hydrogen-bond donors (Lipinski definition) is 2. The summed E-state index contributed by atoms with van der Waals surface area (Å²) in [6.07, 6.45) is 1.79. The molecule has 1 aliphatic heterocycles. The van der Waals surface area contributed by atoms with Gasteiger partial charge in [0.1, 0.15) is 6.04 Å². The number of hydrogen-bond acceptors (Lipinski definition) is 3. The maximum Gasteiger partial charge on any atom is 0.326 e. The van der Waals surface area contributed by atoms with Crippen LogP contribution in [-0.2, 0) is 9.53 Å². The molecule has 1 fully saturated rings. The Balaban J connectivity index is 2.53. The number of methoxy groups -OCH3 is 1. The highest BCUT2D eigenvalue weighted by molar-refractivity contribution is 5.83. The van der Waals surface area contributed by atoms with E-state index in [1.807, 2.05) is 0 Å². The molecule has 0 spiro atoms. The summed E-state index contributed by atoms with van der Waals surface area (Å²) in [4.78, 5) is 25.1. The second kappa shape index (κ2) is 6.92. The molecule has 0 aromatic carbocycles. The predicted octanol–water partition coefficient (Wildman–Crippen LogP) is 1.55. The lowest BCUT2D eigenvalue weighted by Crippen LogP contribution is -2.54. The second-order valence-corrected chi connectivity index (χ2v) is 6.47. The predicted molar refractivity (Wildman–Crippen MR) is 75.6 cm³/mol. The van der Waals surface area contributed by atoms with E-state index in [2.05, 4.69) is 5.32 Å². The number of carboxylic acid groups (broad SMARTS) is 1. The minimum atomic E-state index is -1.000. The van der Waals surface area contributed by atoms with Crippen LogP contribution in [0.15, 0.2) is 0 Å². The molecule has 0 bridgehead atoms. The average molecular weight is 286 g/mol. The van der Waals surface area contributed by atoms with Gasteiger partial charge < -0.3 is 20.1 Å². The van der Waals surface area contributed by atoms with Crippen molar-refractivity contribution in [1.29, 1.82) is 0 Å². The highest BCUT2D eigenvalue weighted by atomic mass is 16.5. The quantitative estimate of drug-likeness (QED) is 0.822. The normalized spacial score (nSPS) is 18.7. The van der Waals surface area contributed by atoms with Gasteiger partial charge in [-0.05, 0) is 24.2 Å². The van der Waals surface area contributed by atoms with Crippen molar-refractivity contribution in [1.82, 2.24) is 10.2 Å². The van der Waals surface area contributed by atoms with Crippen LogP contribution >= 0.6 is 0 Å². The van der Waals surface area contributed by atoms with Gasteiger partial charge in [-0.3, -0.25) is 0 Å². The molecule has 0 unspecified atom stereocenters. The van der Waals surface area contributed by atoms with Crippen molar-refractivity contribution in [3.63, 3.8) is 0 Å². The number of nitrogens with one attached hydrogen (secondary N) is 1.